The van der Waals surface area contributed by atoms with Crippen molar-refractivity contribution in [1.82, 2.24) is 0 Å². The molecule has 0 amide bonds. The molecule has 1 spiro atoms. The summed E-state index contributed by atoms with van der Waals surface area (Å²) in [4.78, 5) is 2.47. The van der Waals surface area contributed by atoms with Crippen molar-refractivity contribution in [2.45, 2.75) is 25.7 Å². The molecule has 80 valence electrons. The highest BCUT2D eigenvalue weighted by Crippen LogP contribution is 2.53. The van der Waals surface area contributed by atoms with Gasteiger partial charge in [-0.3, -0.25) is 0 Å². The summed E-state index contributed by atoms with van der Waals surface area (Å²) in [6, 6.07) is 8.26. The molecule has 1 aliphatic carbocycles. The quantitative estimate of drug-likeness (QED) is 0.709. The Morgan fingerprint density at radius 3 is 2.40 bits per heavy atom. The Labute approximate surface area is 91.1 Å². The second-order valence-corrected chi connectivity index (χ2v) is 5.08. The minimum Gasteiger partial charge on any atom is -0.399 e. The van der Waals surface area contributed by atoms with Crippen molar-refractivity contribution < 1.29 is 0 Å². The highest BCUT2D eigenvalue weighted by molar-refractivity contribution is 5.56. The molecule has 0 unspecified atom stereocenters. The molecule has 1 aliphatic heterocycles. The van der Waals surface area contributed by atoms with Crippen molar-refractivity contribution in [1.29, 1.82) is 0 Å². The number of anilines is 2. The lowest BCUT2D eigenvalue weighted by atomic mass is 9.93. The summed E-state index contributed by atoms with van der Waals surface area (Å²) in [5, 5.41) is 0. The van der Waals surface area contributed by atoms with Gasteiger partial charge in [-0.05, 0) is 49.3 Å². The number of benzene rings is 1. The van der Waals surface area contributed by atoms with Gasteiger partial charge in [-0.25, -0.2) is 0 Å². The third-order valence-electron chi connectivity index (χ3n) is 4.02. The first kappa shape index (κ1) is 9.08. The van der Waals surface area contributed by atoms with E-state index in [1.807, 2.05) is 12.1 Å². The normalized spacial score (nSPS) is 23.1. The number of rotatable bonds is 1. The predicted octanol–water partition coefficient (Wildman–Crippen LogP) is 2.65. The molecule has 1 aromatic carbocycles. The van der Waals surface area contributed by atoms with Crippen molar-refractivity contribution in [3.63, 3.8) is 0 Å². The first-order chi connectivity index (χ1) is 7.27. The minimum absolute atomic E-state index is 0.761. The van der Waals surface area contributed by atoms with Gasteiger partial charge >= 0.3 is 0 Å². The van der Waals surface area contributed by atoms with E-state index in [9.17, 15) is 0 Å². The number of hydrogen-bond acceptors (Lipinski definition) is 2. The van der Waals surface area contributed by atoms with Crippen molar-refractivity contribution in [3.05, 3.63) is 24.3 Å². The SMILES string of the molecule is Nc1cccc(N2CCC3(CC2)CC3)c1. The summed E-state index contributed by atoms with van der Waals surface area (Å²) in [6.45, 7) is 2.42. The Kier molecular flexibility index (Phi) is 1.91. The number of hydrogen-bond donors (Lipinski definition) is 1. The third kappa shape index (κ3) is 1.69. The smallest absolute Gasteiger partial charge is 0.0386 e. The maximum Gasteiger partial charge on any atom is 0.0386 e. The number of piperidine rings is 1. The number of nitrogens with two attached hydrogens (primary N) is 1. The zero-order valence-electron chi connectivity index (χ0n) is 9.08. The lowest BCUT2D eigenvalue weighted by Crippen LogP contribution is -2.34. The van der Waals surface area contributed by atoms with E-state index >= 15 is 0 Å². The van der Waals surface area contributed by atoms with Gasteiger partial charge < -0.3 is 10.6 Å². The molecule has 2 N–H and O–H groups in total. The van der Waals surface area contributed by atoms with Gasteiger partial charge in [-0.1, -0.05) is 6.07 Å². The number of nitrogens with zero attached hydrogens (tertiary/aromatic N) is 1. The molecule has 3 rings (SSSR count). The predicted molar refractivity (Wildman–Crippen MR) is 64.0 cm³/mol. The molecule has 15 heavy (non-hydrogen) atoms. The van der Waals surface area contributed by atoms with Crippen LogP contribution >= 0.6 is 0 Å². The van der Waals surface area contributed by atoms with Gasteiger partial charge in [0.05, 0.1) is 0 Å². The van der Waals surface area contributed by atoms with Crippen molar-refractivity contribution >= 4 is 11.4 Å². The van der Waals surface area contributed by atoms with E-state index < -0.39 is 0 Å². The summed E-state index contributed by atoms with van der Waals surface area (Å²) in [5.41, 5.74) is 8.74. The summed E-state index contributed by atoms with van der Waals surface area (Å²) < 4.78 is 0. The molecule has 2 nitrogen and oxygen atoms in total. The molecule has 0 bridgehead atoms. The van der Waals surface area contributed by atoms with Crippen LogP contribution in [0.3, 0.4) is 0 Å². The van der Waals surface area contributed by atoms with Crippen molar-refractivity contribution in [3.8, 4) is 0 Å². The molecular formula is C13H18N2. The summed E-state index contributed by atoms with van der Waals surface area (Å²) >= 11 is 0. The number of nitrogen functional groups attached to an aromatic ring is 1. The lowest BCUT2D eigenvalue weighted by molar-refractivity contribution is 0.384. The van der Waals surface area contributed by atoms with E-state index in [2.05, 4.69) is 17.0 Å². The Hall–Kier alpha value is -1.18. The maximum absolute atomic E-state index is 5.80. The average molecular weight is 202 g/mol. The second-order valence-electron chi connectivity index (χ2n) is 5.08. The fraction of sp³-hybridized carbons (Fsp3) is 0.538. The molecule has 2 aliphatic rings. The van der Waals surface area contributed by atoms with Crippen LogP contribution in [-0.2, 0) is 0 Å². The highest BCUT2D eigenvalue weighted by atomic mass is 15.1. The molecule has 0 atom stereocenters. The summed E-state index contributed by atoms with van der Waals surface area (Å²) in [5.74, 6) is 0. The van der Waals surface area contributed by atoms with Crippen LogP contribution in [0.2, 0.25) is 0 Å². The van der Waals surface area contributed by atoms with Crippen LogP contribution < -0.4 is 10.6 Å². The van der Waals surface area contributed by atoms with E-state index in [0.29, 0.717) is 0 Å². The van der Waals surface area contributed by atoms with Crippen LogP contribution in [0.4, 0.5) is 11.4 Å². The highest BCUT2D eigenvalue weighted by Gasteiger charge is 2.44. The van der Waals surface area contributed by atoms with Gasteiger partial charge in [0, 0.05) is 24.5 Å². The molecule has 0 radical (unpaired) electrons. The minimum atomic E-state index is 0.761. The first-order valence-corrected chi connectivity index (χ1v) is 5.88. The van der Waals surface area contributed by atoms with E-state index in [1.54, 1.807) is 0 Å². The largest absolute Gasteiger partial charge is 0.399 e. The first-order valence-electron chi connectivity index (χ1n) is 5.88. The molecule has 1 aromatic rings. The molecule has 1 saturated heterocycles. The van der Waals surface area contributed by atoms with Gasteiger partial charge in [-0.2, -0.15) is 0 Å². The van der Waals surface area contributed by atoms with E-state index in [-0.39, 0.29) is 0 Å². The Morgan fingerprint density at radius 2 is 1.80 bits per heavy atom. The van der Waals surface area contributed by atoms with Crippen LogP contribution in [-0.4, -0.2) is 13.1 Å². The standard InChI is InChI=1S/C13H18N2/c14-11-2-1-3-12(10-11)15-8-6-13(4-5-13)7-9-15/h1-3,10H,4-9,14H2. The van der Waals surface area contributed by atoms with Gasteiger partial charge in [0.1, 0.15) is 0 Å². The Morgan fingerprint density at radius 1 is 1.07 bits per heavy atom. The van der Waals surface area contributed by atoms with Gasteiger partial charge in [-0.15, -0.1) is 0 Å². The monoisotopic (exact) mass is 202 g/mol. The van der Waals surface area contributed by atoms with E-state index in [1.165, 1.54) is 44.5 Å². The van der Waals surface area contributed by atoms with E-state index in [4.69, 9.17) is 5.73 Å². The molecule has 2 heteroatoms. The third-order valence-corrected chi connectivity index (χ3v) is 4.02. The van der Waals surface area contributed by atoms with Crippen LogP contribution in [0.15, 0.2) is 24.3 Å². The van der Waals surface area contributed by atoms with Gasteiger partial charge in [0.2, 0.25) is 0 Å². The van der Waals surface area contributed by atoms with Crippen LogP contribution in [0.25, 0.3) is 0 Å². The maximum atomic E-state index is 5.80. The molecule has 2 fully saturated rings. The summed E-state index contributed by atoms with van der Waals surface area (Å²) in [7, 11) is 0. The molecular weight excluding hydrogens is 184 g/mol. The summed E-state index contributed by atoms with van der Waals surface area (Å²) in [6.07, 6.45) is 5.69. The topological polar surface area (TPSA) is 29.3 Å². The van der Waals surface area contributed by atoms with Crippen LogP contribution in [0, 0.1) is 5.41 Å². The van der Waals surface area contributed by atoms with Crippen molar-refractivity contribution in [2.75, 3.05) is 23.7 Å². The molecule has 1 heterocycles. The van der Waals surface area contributed by atoms with Crippen LogP contribution in [0.5, 0.6) is 0 Å². The van der Waals surface area contributed by atoms with Gasteiger partial charge in [0.25, 0.3) is 0 Å². The Balaban J connectivity index is 1.73. The zero-order chi connectivity index (χ0) is 10.3. The second kappa shape index (κ2) is 3.16. The van der Waals surface area contributed by atoms with E-state index in [0.717, 1.165) is 11.1 Å². The molecule has 1 saturated carbocycles. The van der Waals surface area contributed by atoms with Crippen molar-refractivity contribution in [2.24, 2.45) is 5.41 Å². The van der Waals surface area contributed by atoms with Gasteiger partial charge in [0.15, 0.2) is 0 Å². The fourth-order valence-corrected chi connectivity index (χ4v) is 2.64. The fourth-order valence-electron chi connectivity index (χ4n) is 2.64. The lowest BCUT2D eigenvalue weighted by Gasteiger charge is -2.33. The molecule has 0 aromatic heterocycles. The Bertz CT molecular complexity index is 359. The zero-order valence-corrected chi connectivity index (χ0v) is 9.08. The average Bonchev–Trinajstić information content (AvgIpc) is 2.99. The van der Waals surface area contributed by atoms with Crippen LogP contribution in [0.1, 0.15) is 25.7 Å².